The molecule has 4 heteroatoms. The van der Waals surface area contributed by atoms with E-state index in [1.54, 1.807) is 16.2 Å². The van der Waals surface area contributed by atoms with Crippen molar-refractivity contribution in [2.24, 2.45) is 0 Å². The van der Waals surface area contributed by atoms with E-state index in [2.05, 4.69) is 0 Å². The number of amides is 1. The quantitative estimate of drug-likeness (QED) is 0.621. The Balaban J connectivity index is 2.14. The van der Waals surface area contributed by atoms with E-state index in [1.807, 2.05) is 11.4 Å². The summed E-state index contributed by atoms with van der Waals surface area (Å²) in [6.07, 6.45) is 0.513. The van der Waals surface area contributed by atoms with Crippen molar-refractivity contribution < 1.29 is 9.59 Å². The first-order valence-electron chi connectivity index (χ1n) is 4.17. The van der Waals surface area contributed by atoms with Crippen LogP contribution in [0.15, 0.2) is 11.4 Å². The maximum atomic E-state index is 11.7. The maximum Gasteiger partial charge on any atom is 0.256 e. The minimum Gasteiger partial charge on any atom is -0.323 e. The summed E-state index contributed by atoms with van der Waals surface area (Å²) in [6.45, 7) is 0.310. The molecular formula is C9H7NO2S. The molecule has 13 heavy (non-hydrogen) atoms. The maximum absolute atomic E-state index is 11.7. The summed E-state index contributed by atoms with van der Waals surface area (Å²) in [4.78, 5) is 25.6. The lowest BCUT2D eigenvalue weighted by molar-refractivity contribution is -0.116. The van der Waals surface area contributed by atoms with Gasteiger partial charge >= 0.3 is 0 Å². The third kappa shape index (κ3) is 0.785. The zero-order valence-corrected chi connectivity index (χ0v) is 7.63. The average Bonchev–Trinajstić information content (AvgIpc) is 2.70. The van der Waals surface area contributed by atoms with Gasteiger partial charge in [-0.25, -0.2) is 0 Å². The van der Waals surface area contributed by atoms with E-state index in [1.165, 1.54) is 0 Å². The molecule has 3 nitrogen and oxygen atoms in total. The van der Waals surface area contributed by atoms with E-state index in [0.29, 0.717) is 13.0 Å². The van der Waals surface area contributed by atoms with Crippen molar-refractivity contribution in [3.63, 3.8) is 0 Å². The van der Waals surface area contributed by atoms with E-state index < -0.39 is 0 Å². The molecular weight excluding hydrogens is 186 g/mol. The van der Waals surface area contributed by atoms with Gasteiger partial charge in [0.2, 0.25) is 0 Å². The topological polar surface area (TPSA) is 37.4 Å². The summed E-state index contributed by atoms with van der Waals surface area (Å²) in [5, 5.41) is 1.92. The van der Waals surface area contributed by atoms with E-state index in [9.17, 15) is 9.59 Å². The van der Waals surface area contributed by atoms with Crippen LogP contribution >= 0.6 is 11.3 Å². The molecule has 1 aromatic rings. The number of rotatable bonds is 0. The molecule has 2 aliphatic heterocycles. The third-order valence-electron chi connectivity index (χ3n) is 2.63. The van der Waals surface area contributed by atoms with Crippen LogP contribution in [-0.4, -0.2) is 23.1 Å². The van der Waals surface area contributed by atoms with Crippen molar-refractivity contribution >= 4 is 23.0 Å². The molecule has 0 spiro atoms. The molecule has 0 aliphatic carbocycles. The number of carbonyl (C=O) groups is 2. The van der Waals surface area contributed by atoms with Crippen LogP contribution in [-0.2, 0) is 4.79 Å². The molecule has 3 heterocycles. The van der Waals surface area contributed by atoms with Gasteiger partial charge in [-0.15, -0.1) is 11.3 Å². The Labute approximate surface area is 79.0 Å². The predicted octanol–water partition coefficient (Wildman–Crippen LogP) is 1.22. The predicted molar refractivity (Wildman–Crippen MR) is 47.7 cm³/mol. The second-order valence-electron chi connectivity index (χ2n) is 3.39. The van der Waals surface area contributed by atoms with E-state index in [4.69, 9.17) is 0 Å². The van der Waals surface area contributed by atoms with Gasteiger partial charge in [-0.3, -0.25) is 9.59 Å². The first-order chi connectivity index (χ1) is 6.27. The van der Waals surface area contributed by atoms with E-state index >= 15 is 0 Å². The average molecular weight is 193 g/mol. The first-order valence-corrected chi connectivity index (χ1v) is 5.05. The Morgan fingerprint density at radius 2 is 2.31 bits per heavy atom. The van der Waals surface area contributed by atoms with Gasteiger partial charge in [-0.1, -0.05) is 0 Å². The molecule has 66 valence electrons. The lowest BCUT2D eigenvalue weighted by atomic mass is 10.1. The van der Waals surface area contributed by atoms with E-state index in [0.717, 1.165) is 10.4 Å². The standard InChI is InChI=1S/C9H7NO2S/c11-5-3-7-8-6(1-2-13-8)9(12)10(7)4-5/h1-2,7H,3-4H2. The highest BCUT2D eigenvalue weighted by atomic mass is 32.1. The fourth-order valence-electron chi connectivity index (χ4n) is 2.05. The minimum absolute atomic E-state index is 0.0344. The Morgan fingerprint density at radius 1 is 1.46 bits per heavy atom. The summed E-state index contributed by atoms with van der Waals surface area (Å²) in [5.41, 5.74) is 0.808. The van der Waals surface area contributed by atoms with Gasteiger partial charge in [0.15, 0.2) is 5.78 Å². The summed E-state index contributed by atoms with van der Waals surface area (Å²) in [5.74, 6) is 0.213. The van der Waals surface area contributed by atoms with Gasteiger partial charge in [-0.05, 0) is 11.4 Å². The van der Waals surface area contributed by atoms with Crippen LogP contribution in [0.4, 0.5) is 0 Å². The molecule has 0 saturated carbocycles. The molecule has 1 saturated heterocycles. The van der Waals surface area contributed by atoms with Crippen LogP contribution in [0.3, 0.4) is 0 Å². The zero-order chi connectivity index (χ0) is 9.00. The fraction of sp³-hybridized carbons (Fsp3) is 0.333. The van der Waals surface area contributed by atoms with E-state index in [-0.39, 0.29) is 17.7 Å². The molecule has 1 aromatic heterocycles. The highest BCUT2D eigenvalue weighted by Gasteiger charge is 2.43. The normalized spacial score (nSPS) is 25.2. The number of Topliss-reactive ketones (excluding diaryl/α,β-unsaturated/α-hetero) is 1. The summed E-state index contributed by atoms with van der Waals surface area (Å²) < 4.78 is 0. The summed E-state index contributed by atoms with van der Waals surface area (Å²) in [7, 11) is 0. The highest BCUT2D eigenvalue weighted by molar-refractivity contribution is 7.10. The number of fused-ring (bicyclic) bond motifs is 3. The van der Waals surface area contributed by atoms with Gasteiger partial charge < -0.3 is 4.90 Å². The van der Waals surface area contributed by atoms with Crippen LogP contribution in [0, 0.1) is 0 Å². The van der Waals surface area contributed by atoms with Crippen molar-refractivity contribution in [1.82, 2.24) is 4.90 Å². The number of nitrogens with zero attached hydrogens (tertiary/aromatic N) is 1. The van der Waals surface area contributed by atoms with Gasteiger partial charge in [0.1, 0.15) is 0 Å². The van der Waals surface area contributed by atoms with Crippen molar-refractivity contribution in [3.8, 4) is 0 Å². The lowest BCUT2D eigenvalue weighted by Crippen LogP contribution is -2.24. The first kappa shape index (κ1) is 7.26. The lowest BCUT2D eigenvalue weighted by Gasteiger charge is -2.13. The van der Waals surface area contributed by atoms with Gasteiger partial charge in [0.05, 0.1) is 18.2 Å². The molecule has 1 amide bonds. The smallest absolute Gasteiger partial charge is 0.256 e. The van der Waals surface area contributed by atoms with Crippen LogP contribution < -0.4 is 0 Å². The van der Waals surface area contributed by atoms with Crippen molar-refractivity contribution in [2.75, 3.05) is 6.54 Å². The number of carbonyl (C=O) groups excluding carboxylic acids is 2. The molecule has 2 aliphatic rings. The van der Waals surface area contributed by atoms with Crippen LogP contribution in [0.5, 0.6) is 0 Å². The molecule has 0 bridgehead atoms. The highest BCUT2D eigenvalue weighted by Crippen LogP contribution is 2.42. The second kappa shape index (κ2) is 2.20. The molecule has 1 unspecified atom stereocenters. The molecule has 3 rings (SSSR count). The monoisotopic (exact) mass is 193 g/mol. The molecule has 0 N–H and O–H groups in total. The Kier molecular flexibility index (Phi) is 1.23. The van der Waals surface area contributed by atoms with Crippen molar-refractivity contribution in [1.29, 1.82) is 0 Å². The van der Waals surface area contributed by atoms with Crippen LogP contribution in [0.2, 0.25) is 0 Å². The third-order valence-corrected chi connectivity index (χ3v) is 3.65. The number of thiophene rings is 1. The largest absolute Gasteiger partial charge is 0.323 e. The summed E-state index contributed by atoms with van der Waals surface area (Å²) >= 11 is 1.58. The molecule has 0 aromatic carbocycles. The Hall–Kier alpha value is -1.16. The Morgan fingerprint density at radius 3 is 3.15 bits per heavy atom. The van der Waals surface area contributed by atoms with Crippen LogP contribution in [0.25, 0.3) is 0 Å². The van der Waals surface area contributed by atoms with Gasteiger partial charge in [0.25, 0.3) is 5.91 Å². The fourth-order valence-corrected chi connectivity index (χ4v) is 3.05. The number of hydrogen-bond donors (Lipinski definition) is 0. The second-order valence-corrected chi connectivity index (χ2v) is 4.34. The number of ketones is 1. The summed E-state index contributed by atoms with van der Waals surface area (Å²) in [6, 6.07) is 1.92. The minimum atomic E-state index is 0.0344. The SMILES string of the molecule is O=C1CC2c3sccc3C(=O)N2C1. The number of hydrogen-bond acceptors (Lipinski definition) is 3. The Bertz CT molecular complexity index is 410. The van der Waals surface area contributed by atoms with Crippen molar-refractivity contribution in [2.45, 2.75) is 12.5 Å². The molecule has 1 atom stereocenters. The van der Waals surface area contributed by atoms with Gasteiger partial charge in [0, 0.05) is 11.3 Å². The molecule has 0 radical (unpaired) electrons. The van der Waals surface area contributed by atoms with Crippen LogP contribution in [0.1, 0.15) is 27.7 Å². The van der Waals surface area contributed by atoms with Gasteiger partial charge in [-0.2, -0.15) is 0 Å². The van der Waals surface area contributed by atoms with Crippen molar-refractivity contribution in [3.05, 3.63) is 21.9 Å². The zero-order valence-electron chi connectivity index (χ0n) is 6.82. The molecule has 1 fully saturated rings.